The lowest BCUT2D eigenvalue weighted by molar-refractivity contribution is -0.384. The van der Waals surface area contributed by atoms with Crippen LogP contribution in [-0.2, 0) is 4.79 Å². The highest BCUT2D eigenvalue weighted by Gasteiger charge is 2.31. The average Bonchev–Trinajstić information content (AvgIpc) is 2.82. The Morgan fingerprint density at radius 3 is 2.75 bits per heavy atom. The minimum Gasteiger partial charge on any atom is -0.481 e. The number of hydrogen-bond donors (Lipinski definition) is 2. The van der Waals surface area contributed by atoms with Gasteiger partial charge in [-0.15, -0.1) is 0 Å². The predicted molar refractivity (Wildman–Crippen MR) is 73.1 cm³/mol. The molecule has 2 unspecified atom stereocenters. The summed E-state index contributed by atoms with van der Waals surface area (Å²) in [7, 11) is 0. The monoisotopic (exact) mass is 346 g/mol. The zero-order valence-corrected chi connectivity index (χ0v) is 11.9. The molecule has 1 aromatic rings. The third-order valence-corrected chi connectivity index (χ3v) is 3.98. The van der Waals surface area contributed by atoms with Crippen molar-refractivity contribution in [1.82, 2.24) is 0 Å². The molecule has 6 nitrogen and oxygen atoms in total. The summed E-state index contributed by atoms with van der Waals surface area (Å²) < 4.78 is 13.5. The van der Waals surface area contributed by atoms with Crippen LogP contribution in [0.25, 0.3) is 0 Å². The molecular formula is C12H12BrFN2O4. The zero-order valence-electron chi connectivity index (χ0n) is 10.3. The van der Waals surface area contributed by atoms with Crippen LogP contribution in [0.2, 0.25) is 0 Å². The van der Waals surface area contributed by atoms with Gasteiger partial charge in [0.1, 0.15) is 11.5 Å². The van der Waals surface area contributed by atoms with Gasteiger partial charge in [-0.1, -0.05) is 0 Å². The van der Waals surface area contributed by atoms with E-state index in [2.05, 4.69) is 21.2 Å². The molecule has 2 N–H and O–H groups in total. The summed E-state index contributed by atoms with van der Waals surface area (Å²) in [6.07, 6.45) is 1.55. The van der Waals surface area contributed by atoms with Gasteiger partial charge < -0.3 is 10.4 Å². The summed E-state index contributed by atoms with van der Waals surface area (Å²) in [5, 5.41) is 22.8. The summed E-state index contributed by atoms with van der Waals surface area (Å²) in [5.41, 5.74) is -0.163. The molecule has 8 heteroatoms. The number of nitro benzene ring substituents is 1. The Morgan fingerprint density at radius 2 is 2.20 bits per heavy atom. The van der Waals surface area contributed by atoms with E-state index in [-0.39, 0.29) is 21.9 Å². The highest BCUT2D eigenvalue weighted by molar-refractivity contribution is 9.10. The van der Waals surface area contributed by atoms with E-state index < -0.39 is 22.6 Å². The number of carbonyl (C=O) groups is 1. The highest BCUT2D eigenvalue weighted by atomic mass is 79.9. The van der Waals surface area contributed by atoms with Crippen molar-refractivity contribution < 1.29 is 19.2 Å². The topological polar surface area (TPSA) is 92.5 Å². The number of nitro groups is 1. The summed E-state index contributed by atoms with van der Waals surface area (Å²) in [6, 6.07) is 1.99. The zero-order chi connectivity index (χ0) is 14.9. The van der Waals surface area contributed by atoms with Crippen molar-refractivity contribution in [3.8, 4) is 0 Å². The molecule has 0 bridgehead atoms. The molecule has 1 saturated carbocycles. The van der Waals surface area contributed by atoms with E-state index in [1.165, 1.54) is 6.07 Å². The summed E-state index contributed by atoms with van der Waals surface area (Å²) in [6.45, 7) is 0. The Morgan fingerprint density at radius 1 is 1.50 bits per heavy atom. The van der Waals surface area contributed by atoms with Crippen LogP contribution in [0.5, 0.6) is 0 Å². The quantitative estimate of drug-likeness (QED) is 0.645. The van der Waals surface area contributed by atoms with Crippen molar-refractivity contribution in [2.45, 2.75) is 25.3 Å². The molecule has 1 aliphatic carbocycles. The van der Waals surface area contributed by atoms with E-state index in [1.807, 2.05) is 0 Å². The van der Waals surface area contributed by atoms with Crippen LogP contribution >= 0.6 is 15.9 Å². The molecule has 2 atom stereocenters. The van der Waals surface area contributed by atoms with E-state index in [0.29, 0.717) is 19.3 Å². The molecule has 1 fully saturated rings. The third kappa shape index (κ3) is 3.06. The second-order valence-corrected chi connectivity index (χ2v) is 5.58. The van der Waals surface area contributed by atoms with E-state index in [9.17, 15) is 19.3 Å². The van der Waals surface area contributed by atoms with Crippen molar-refractivity contribution in [2.24, 2.45) is 5.92 Å². The van der Waals surface area contributed by atoms with Crippen molar-refractivity contribution in [1.29, 1.82) is 0 Å². The third-order valence-electron chi connectivity index (χ3n) is 3.38. The van der Waals surface area contributed by atoms with Gasteiger partial charge in [-0.3, -0.25) is 14.9 Å². The minimum absolute atomic E-state index is 0.124. The van der Waals surface area contributed by atoms with Gasteiger partial charge in [-0.05, 0) is 41.3 Å². The molecule has 20 heavy (non-hydrogen) atoms. The molecule has 0 spiro atoms. The van der Waals surface area contributed by atoms with Crippen molar-refractivity contribution >= 4 is 33.3 Å². The first-order chi connectivity index (χ1) is 9.38. The van der Waals surface area contributed by atoms with Gasteiger partial charge in [0.25, 0.3) is 5.69 Å². The molecule has 1 aromatic carbocycles. The van der Waals surface area contributed by atoms with Gasteiger partial charge in [0.05, 0.1) is 21.4 Å². The van der Waals surface area contributed by atoms with Crippen LogP contribution in [0.3, 0.4) is 0 Å². The normalized spacial score (nSPS) is 21.7. The number of nitrogens with zero attached hydrogens (tertiary/aromatic N) is 1. The smallest absolute Gasteiger partial charge is 0.306 e. The van der Waals surface area contributed by atoms with Crippen LogP contribution in [0.4, 0.5) is 15.8 Å². The van der Waals surface area contributed by atoms with E-state index in [1.54, 1.807) is 0 Å². The molecule has 0 aliphatic heterocycles. The van der Waals surface area contributed by atoms with E-state index >= 15 is 0 Å². The van der Waals surface area contributed by atoms with Crippen LogP contribution in [-0.4, -0.2) is 22.0 Å². The van der Waals surface area contributed by atoms with Crippen molar-refractivity contribution in [3.63, 3.8) is 0 Å². The Labute approximate surface area is 122 Å². The summed E-state index contributed by atoms with van der Waals surface area (Å²) in [4.78, 5) is 21.1. The molecule has 108 valence electrons. The van der Waals surface area contributed by atoms with Crippen LogP contribution in [0.15, 0.2) is 16.6 Å². The molecule has 0 saturated heterocycles. The number of carboxylic acid groups (broad SMARTS) is 1. The van der Waals surface area contributed by atoms with Gasteiger partial charge in [-0.25, -0.2) is 4.39 Å². The van der Waals surface area contributed by atoms with Gasteiger partial charge in [0.2, 0.25) is 0 Å². The Bertz CT molecular complexity index is 567. The van der Waals surface area contributed by atoms with Crippen LogP contribution in [0, 0.1) is 21.8 Å². The maximum atomic E-state index is 13.3. The first kappa shape index (κ1) is 14.7. The second-order valence-electron chi connectivity index (χ2n) is 4.73. The highest BCUT2D eigenvalue weighted by Crippen LogP contribution is 2.34. The minimum atomic E-state index is -0.857. The number of carboxylic acids is 1. The number of benzene rings is 1. The van der Waals surface area contributed by atoms with Gasteiger partial charge in [0, 0.05) is 6.04 Å². The number of halogens is 2. The van der Waals surface area contributed by atoms with Crippen molar-refractivity contribution in [3.05, 3.63) is 32.5 Å². The fourth-order valence-electron chi connectivity index (χ4n) is 2.36. The number of rotatable bonds is 4. The fourth-order valence-corrected chi connectivity index (χ4v) is 2.70. The summed E-state index contributed by atoms with van der Waals surface area (Å²) in [5.74, 6) is -2.00. The molecular weight excluding hydrogens is 335 g/mol. The maximum absolute atomic E-state index is 13.3. The molecule has 0 heterocycles. The number of aliphatic carboxylic acids is 1. The maximum Gasteiger partial charge on any atom is 0.306 e. The van der Waals surface area contributed by atoms with Crippen LogP contribution in [0.1, 0.15) is 19.3 Å². The Kier molecular flexibility index (Phi) is 4.22. The first-order valence-electron chi connectivity index (χ1n) is 6.01. The number of hydrogen-bond acceptors (Lipinski definition) is 4. The van der Waals surface area contributed by atoms with Crippen LogP contribution < -0.4 is 5.32 Å². The van der Waals surface area contributed by atoms with E-state index in [4.69, 9.17) is 5.11 Å². The van der Waals surface area contributed by atoms with Gasteiger partial charge in [-0.2, -0.15) is 0 Å². The lowest BCUT2D eigenvalue weighted by atomic mass is 10.1. The van der Waals surface area contributed by atoms with E-state index in [0.717, 1.165) is 6.07 Å². The molecule has 0 aromatic heterocycles. The lowest BCUT2D eigenvalue weighted by Gasteiger charge is -2.14. The SMILES string of the molecule is O=C(O)C1CCC(Nc2cc(Br)c(F)cc2[N+](=O)[O-])C1. The lowest BCUT2D eigenvalue weighted by Crippen LogP contribution is -2.18. The van der Waals surface area contributed by atoms with Gasteiger partial charge in [0.15, 0.2) is 0 Å². The first-order valence-corrected chi connectivity index (χ1v) is 6.80. The largest absolute Gasteiger partial charge is 0.481 e. The molecule has 2 rings (SSSR count). The Balaban J connectivity index is 2.19. The van der Waals surface area contributed by atoms with Crippen molar-refractivity contribution in [2.75, 3.05) is 5.32 Å². The number of anilines is 1. The van der Waals surface area contributed by atoms with Gasteiger partial charge >= 0.3 is 5.97 Å². The second kappa shape index (κ2) is 5.74. The number of nitrogens with one attached hydrogen (secondary N) is 1. The molecule has 1 aliphatic rings. The Hall–Kier alpha value is -1.70. The average molecular weight is 347 g/mol. The summed E-state index contributed by atoms with van der Waals surface area (Å²) >= 11 is 2.98. The standard InChI is InChI=1S/C12H12BrFN2O4/c13-8-4-10(11(16(19)20)5-9(8)14)15-7-2-1-6(3-7)12(17)18/h4-7,15H,1-3H2,(H,17,18). The fraction of sp³-hybridized carbons (Fsp3) is 0.417. The predicted octanol–water partition coefficient (Wildman–Crippen LogP) is 3.16. The molecule has 0 radical (unpaired) electrons. The molecule has 0 amide bonds.